The van der Waals surface area contributed by atoms with Crippen LogP contribution in [-0.4, -0.2) is 56.1 Å². The van der Waals surface area contributed by atoms with Gasteiger partial charge in [0.1, 0.15) is 0 Å². The van der Waals surface area contributed by atoms with Crippen LogP contribution in [0.1, 0.15) is 11.5 Å². The predicted octanol–water partition coefficient (Wildman–Crippen LogP) is 1.49. The van der Waals surface area contributed by atoms with Gasteiger partial charge in [0.05, 0.1) is 6.26 Å². The van der Waals surface area contributed by atoms with Crippen LogP contribution in [0.5, 0.6) is 0 Å². The Labute approximate surface area is 122 Å². The maximum Gasteiger partial charge on any atom is 0.211 e. The first kappa shape index (κ1) is 13.5. The van der Waals surface area contributed by atoms with Gasteiger partial charge in [-0.05, 0) is 24.7 Å². The topological polar surface area (TPSA) is 40.6 Å². The number of hydrogen-bond donors (Lipinski definition) is 0. The molecule has 104 valence electrons. The molecule has 0 aliphatic carbocycles. The highest BCUT2D eigenvalue weighted by molar-refractivity contribution is 9.10. The number of fused-ring (bicyclic) bond motifs is 2. The smallest absolute Gasteiger partial charge is 0.211 e. The Morgan fingerprint density at radius 1 is 1.16 bits per heavy atom. The van der Waals surface area contributed by atoms with Crippen molar-refractivity contribution in [3.8, 4) is 0 Å². The maximum atomic E-state index is 11.9. The number of benzene rings is 1. The third kappa shape index (κ3) is 2.24. The minimum absolute atomic E-state index is 0.0833. The molecule has 1 aromatic carbocycles. The number of halogens is 1. The van der Waals surface area contributed by atoms with Crippen LogP contribution in [0.2, 0.25) is 0 Å². The van der Waals surface area contributed by atoms with E-state index in [0.717, 1.165) is 17.6 Å². The van der Waals surface area contributed by atoms with Gasteiger partial charge in [0.2, 0.25) is 10.0 Å². The molecule has 3 aliphatic rings. The normalized spacial score (nSPS) is 32.1. The zero-order chi connectivity index (χ0) is 13.8. The SMILES string of the molecule is CN1CC2C(c3ccc(Br)cc3)C(C1)N2S(C)(=O)=O. The second-order valence-corrected chi connectivity index (χ2v) is 8.33. The van der Waals surface area contributed by atoms with Crippen molar-refractivity contribution in [1.29, 1.82) is 0 Å². The lowest BCUT2D eigenvalue weighted by Gasteiger charge is -2.59. The van der Waals surface area contributed by atoms with Gasteiger partial charge in [-0.2, -0.15) is 4.31 Å². The zero-order valence-corrected chi connectivity index (χ0v) is 13.4. The van der Waals surface area contributed by atoms with Crippen LogP contribution in [0.3, 0.4) is 0 Å². The summed E-state index contributed by atoms with van der Waals surface area (Å²) in [6.45, 7) is 1.62. The van der Waals surface area contributed by atoms with E-state index in [1.54, 1.807) is 4.31 Å². The molecule has 0 amide bonds. The Hall–Kier alpha value is -0.430. The molecule has 3 saturated heterocycles. The van der Waals surface area contributed by atoms with Gasteiger partial charge in [0, 0.05) is 35.6 Å². The molecule has 0 saturated carbocycles. The molecule has 3 aliphatic heterocycles. The Morgan fingerprint density at radius 3 is 2.16 bits per heavy atom. The number of likely N-dealkylation sites (N-methyl/N-ethyl adjacent to an activating group) is 1. The molecular formula is C13H17BrN2O2S. The highest BCUT2D eigenvalue weighted by Gasteiger charge is 2.56. The van der Waals surface area contributed by atoms with Crippen LogP contribution < -0.4 is 0 Å². The first-order chi connectivity index (χ1) is 8.88. The van der Waals surface area contributed by atoms with E-state index in [0.29, 0.717) is 5.92 Å². The zero-order valence-electron chi connectivity index (χ0n) is 11.0. The number of piperidine rings is 1. The van der Waals surface area contributed by atoms with Crippen LogP contribution in [0.25, 0.3) is 0 Å². The van der Waals surface area contributed by atoms with Crippen molar-refractivity contribution in [1.82, 2.24) is 9.21 Å². The van der Waals surface area contributed by atoms with Crippen molar-refractivity contribution < 1.29 is 8.42 Å². The quantitative estimate of drug-likeness (QED) is 0.816. The lowest BCUT2D eigenvalue weighted by Crippen LogP contribution is -2.73. The fraction of sp³-hybridized carbons (Fsp3) is 0.538. The van der Waals surface area contributed by atoms with Crippen molar-refractivity contribution >= 4 is 26.0 Å². The Bertz CT molecular complexity index is 573. The van der Waals surface area contributed by atoms with E-state index in [1.807, 2.05) is 12.1 Å². The number of sulfonamides is 1. The van der Waals surface area contributed by atoms with E-state index in [-0.39, 0.29) is 12.1 Å². The predicted molar refractivity (Wildman–Crippen MR) is 78.6 cm³/mol. The highest BCUT2D eigenvalue weighted by Crippen LogP contribution is 2.45. The Morgan fingerprint density at radius 2 is 1.68 bits per heavy atom. The van der Waals surface area contributed by atoms with Crippen molar-refractivity contribution in [3.63, 3.8) is 0 Å². The molecule has 2 unspecified atom stereocenters. The van der Waals surface area contributed by atoms with Gasteiger partial charge in [-0.3, -0.25) is 0 Å². The fourth-order valence-corrected chi connectivity index (χ4v) is 5.08. The minimum atomic E-state index is -3.10. The van der Waals surface area contributed by atoms with Gasteiger partial charge < -0.3 is 4.90 Å². The summed E-state index contributed by atoms with van der Waals surface area (Å²) in [6.07, 6.45) is 1.32. The van der Waals surface area contributed by atoms with E-state index >= 15 is 0 Å². The lowest BCUT2D eigenvalue weighted by atomic mass is 9.74. The minimum Gasteiger partial charge on any atom is -0.303 e. The summed E-state index contributed by atoms with van der Waals surface area (Å²) < 4.78 is 26.5. The largest absolute Gasteiger partial charge is 0.303 e. The average Bonchev–Trinajstić information content (AvgIpc) is 2.29. The van der Waals surface area contributed by atoms with Crippen molar-refractivity contribution in [2.45, 2.75) is 18.0 Å². The summed E-state index contributed by atoms with van der Waals surface area (Å²) in [5.41, 5.74) is 1.24. The van der Waals surface area contributed by atoms with Gasteiger partial charge in [-0.1, -0.05) is 28.1 Å². The summed E-state index contributed by atoms with van der Waals surface area (Å²) >= 11 is 3.43. The molecule has 0 spiro atoms. The number of piperazine rings is 1. The molecule has 6 heteroatoms. The fourth-order valence-electron chi connectivity index (χ4n) is 3.44. The van der Waals surface area contributed by atoms with E-state index in [1.165, 1.54) is 11.8 Å². The molecule has 0 aromatic heterocycles. The number of nitrogens with zero attached hydrogens (tertiary/aromatic N) is 2. The van der Waals surface area contributed by atoms with Crippen molar-refractivity contribution in [3.05, 3.63) is 34.3 Å². The lowest BCUT2D eigenvalue weighted by molar-refractivity contribution is -0.0209. The maximum absolute atomic E-state index is 11.9. The first-order valence-electron chi connectivity index (χ1n) is 6.30. The summed E-state index contributed by atoms with van der Waals surface area (Å²) in [4.78, 5) is 2.21. The highest BCUT2D eigenvalue weighted by atomic mass is 79.9. The summed E-state index contributed by atoms with van der Waals surface area (Å²) in [5, 5.41) is 0. The number of rotatable bonds is 2. The van der Waals surface area contributed by atoms with E-state index in [2.05, 4.69) is 40.0 Å². The molecule has 2 atom stereocenters. The van der Waals surface area contributed by atoms with Crippen LogP contribution in [0.4, 0.5) is 0 Å². The van der Waals surface area contributed by atoms with Crippen LogP contribution in [0, 0.1) is 0 Å². The molecule has 4 nitrogen and oxygen atoms in total. The first-order valence-corrected chi connectivity index (χ1v) is 8.94. The summed E-state index contributed by atoms with van der Waals surface area (Å²) in [6, 6.07) is 8.41. The van der Waals surface area contributed by atoms with Crippen LogP contribution in [0.15, 0.2) is 28.7 Å². The van der Waals surface area contributed by atoms with E-state index < -0.39 is 10.0 Å². The van der Waals surface area contributed by atoms with Gasteiger partial charge in [-0.25, -0.2) is 8.42 Å². The monoisotopic (exact) mass is 344 g/mol. The van der Waals surface area contributed by atoms with Crippen molar-refractivity contribution in [2.75, 3.05) is 26.4 Å². The van der Waals surface area contributed by atoms with Crippen LogP contribution in [-0.2, 0) is 10.0 Å². The third-order valence-corrected chi connectivity index (χ3v) is 5.95. The molecule has 3 fully saturated rings. The average molecular weight is 345 g/mol. The standard InChI is InChI=1S/C13H17BrN2O2S/c1-15-7-11-13(9-3-5-10(14)6-4-9)12(8-15)16(11)19(2,17)18/h3-6,11-13H,7-8H2,1-2H3. The molecule has 19 heavy (non-hydrogen) atoms. The Kier molecular flexibility index (Phi) is 3.24. The van der Waals surface area contributed by atoms with Crippen molar-refractivity contribution in [2.24, 2.45) is 0 Å². The van der Waals surface area contributed by atoms with E-state index in [4.69, 9.17) is 0 Å². The molecule has 3 heterocycles. The van der Waals surface area contributed by atoms with E-state index in [9.17, 15) is 8.42 Å². The van der Waals surface area contributed by atoms with Gasteiger partial charge in [-0.15, -0.1) is 0 Å². The van der Waals surface area contributed by atoms with Crippen LogP contribution >= 0.6 is 15.9 Å². The van der Waals surface area contributed by atoms with Gasteiger partial charge in [0.25, 0.3) is 0 Å². The molecule has 4 rings (SSSR count). The molecule has 1 aromatic rings. The second-order valence-electron chi connectivity index (χ2n) is 5.53. The molecule has 0 N–H and O–H groups in total. The molecule has 0 radical (unpaired) electrons. The van der Waals surface area contributed by atoms with Gasteiger partial charge >= 0.3 is 0 Å². The summed E-state index contributed by atoms with van der Waals surface area (Å²) in [5.74, 6) is 0.332. The third-order valence-electron chi connectivity index (χ3n) is 4.12. The molecular weight excluding hydrogens is 328 g/mol. The summed E-state index contributed by atoms with van der Waals surface area (Å²) in [7, 11) is -1.05. The number of hydrogen-bond acceptors (Lipinski definition) is 3. The molecule has 2 bridgehead atoms. The van der Waals surface area contributed by atoms with Gasteiger partial charge in [0.15, 0.2) is 0 Å². The Balaban J connectivity index is 1.92. The second kappa shape index (κ2) is 4.55.